The lowest BCUT2D eigenvalue weighted by molar-refractivity contribution is -0.0498. The second-order valence-electron chi connectivity index (χ2n) is 9.77. The Hall–Kier alpha value is -2.17. The van der Waals surface area contributed by atoms with E-state index in [1.54, 1.807) is 52.5 Å². The lowest BCUT2D eigenvalue weighted by atomic mass is 10.0. The number of piperidine rings is 1. The molecule has 36 heavy (non-hydrogen) atoms. The van der Waals surface area contributed by atoms with Crippen LogP contribution in [-0.4, -0.2) is 42.0 Å². The van der Waals surface area contributed by atoms with E-state index in [9.17, 15) is 17.2 Å². The van der Waals surface area contributed by atoms with E-state index >= 15 is 0 Å². The Bertz CT molecular complexity index is 1310. The number of rotatable bonds is 8. The van der Waals surface area contributed by atoms with Crippen LogP contribution in [0, 0.1) is 5.92 Å². The molecule has 2 aliphatic rings. The average molecular weight is 536 g/mol. The molecule has 1 atom stereocenters. The van der Waals surface area contributed by atoms with Crippen molar-refractivity contribution in [3.8, 4) is 5.75 Å². The van der Waals surface area contributed by atoms with Gasteiger partial charge >= 0.3 is 6.61 Å². The summed E-state index contributed by atoms with van der Waals surface area (Å²) >= 11 is 1.58. The molecule has 0 radical (unpaired) electrons. The van der Waals surface area contributed by atoms with Crippen molar-refractivity contribution >= 4 is 32.8 Å². The van der Waals surface area contributed by atoms with E-state index in [1.807, 2.05) is 6.07 Å². The second-order valence-corrected chi connectivity index (χ2v) is 12.7. The van der Waals surface area contributed by atoms with Crippen molar-refractivity contribution in [2.45, 2.75) is 73.9 Å². The Labute approximate surface area is 215 Å². The van der Waals surface area contributed by atoms with Gasteiger partial charge in [0.2, 0.25) is 10.0 Å². The van der Waals surface area contributed by atoms with Crippen LogP contribution >= 0.6 is 11.8 Å². The van der Waals surface area contributed by atoms with Crippen LogP contribution in [0.25, 0.3) is 11.0 Å². The quantitative estimate of drug-likeness (QED) is 0.310. The van der Waals surface area contributed by atoms with Gasteiger partial charge in [0.05, 0.1) is 15.9 Å². The first-order chi connectivity index (χ1) is 17.3. The molecule has 1 aliphatic carbocycles. The average Bonchev–Trinajstić information content (AvgIpc) is 3.50. The maximum absolute atomic E-state index is 13.4. The van der Waals surface area contributed by atoms with Crippen molar-refractivity contribution in [3.63, 3.8) is 0 Å². The van der Waals surface area contributed by atoms with E-state index in [1.165, 1.54) is 12.8 Å². The SMILES string of the molecule is C[C@H]1CCCN(S(=O)(=O)c2ccc3c(c2)nc(SCc2ccc(OC(F)F)cc2)n3C2CCCC2)C1. The van der Waals surface area contributed by atoms with Crippen LogP contribution in [0.5, 0.6) is 5.75 Å². The Morgan fingerprint density at radius 1 is 1.08 bits per heavy atom. The zero-order chi connectivity index (χ0) is 25.3. The summed E-state index contributed by atoms with van der Waals surface area (Å²) in [7, 11) is -3.57. The summed E-state index contributed by atoms with van der Waals surface area (Å²) in [5.41, 5.74) is 2.61. The van der Waals surface area contributed by atoms with Gasteiger partial charge < -0.3 is 9.30 Å². The standard InChI is InChI=1S/C26H31F2N3O3S2/c1-18-5-4-14-30(16-18)36(32,33)22-12-13-24-23(15-22)29-26(31(24)20-6-2-3-7-20)35-17-19-8-10-21(11-9-19)34-25(27)28/h8-13,15,18,20,25H,2-7,14,16-17H2,1H3/t18-/m0/s1. The van der Waals surface area contributed by atoms with E-state index in [4.69, 9.17) is 4.98 Å². The molecule has 1 saturated carbocycles. The van der Waals surface area contributed by atoms with E-state index in [0.717, 1.165) is 41.9 Å². The first-order valence-electron chi connectivity index (χ1n) is 12.5. The molecule has 6 nitrogen and oxygen atoms in total. The molecular formula is C26H31F2N3O3S2. The molecule has 10 heteroatoms. The van der Waals surface area contributed by atoms with Gasteiger partial charge in [-0.1, -0.05) is 43.7 Å². The summed E-state index contributed by atoms with van der Waals surface area (Å²) < 4.78 is 59.9. The molecule has 2 aromatic carbocycles. The topological polar surface area (TPSA) is 64.4 Å². The van der Waals surface area contributed by atoms with Crippen molar-refractivity contribution in [3.05, 3.63) is 48.0 Å². The fraction of sp³-hybridized carbons (Fsp3) is 0.500. The van der Waals surface area contributed by atoms with Gasteiger partial charge in [-0.15, -0.1) is 0 Å². The third-order valence-electron chi connectivity index (χ3n) is 7.09. The molecule has 2 heterocycles. The minimum atomic E-state index is -3.57. The third-order valence-corrected chi connectivity index (χ3v) is 9.98. The normalized spacial score (nSPS) is 19.9. The van der Waals surface area contributed by atoms with Crippen LogP contribution in [0.4, 0.5) is 8.78 Å². The van der Waals surface area contributed by atoms with E-state index in [2.05, 4.69) is 16.2 Å². The summed E-state index contributed by atoms with van der Waals surface area (Å²) in [5.74, 6) is 1.11. The predicted molar refractivity (Wildman–Crippen MR) is 137 cm³/mol. The van der Waals surface area contributed by atoms with Crippen LogP contribution in [0.15, 0.2) is 52.5 Å². The van der Waals surface area contributed by atoms with Gasteiger partial charge in [0, 0.05) is 24.9 Å². The number of alkyl halides is 2. The Balaban J connectivity index is 1.42. The summed E-state index contributed by atoms with van der Waals surface area (Å²) in [4.78, 5) is 5.18. The fourth-order valence-corrected chi connectivity index (χ4v) is 7.92. The number of halogens is 2. The van der Waals surface area contributed by atoms with Crippen LogP contribution in [0.1, 0.15) is 57.1 Å². The highest BCUT2D eigenvalue weighted by atomic mass is 32.2. The molecule has 0 unspecified atom stereocenters. The minimum absolute atomic E-state index is 0.133. The van der Waals surface area contributed by atoms with Crippen LogP contribution in [-0.2, 0) is 15.8 Å². The van der Waals surface area contributed by atoms with E-state index in [-0.39, 0.29) is 5.75 Å². The van der Waals surface area contributed by atoms with Crippen molar-refractivity contribution in [1.29, 1.82) is 0 Å². The maximum Gasteiger partial charge on any atom is 0.387 e. The molecule has 0 N–H and O–H groups in total. The second kappa shape index (κ2) is 10.7. The largest absolute Gasteiger partial charge is 0.435 e. The predicted octanol–water partition coefficient (Wildman–Crippen LogP) is 6.47. The van der Waals surface area contributed by atoms with Crippen molar-refractivity contribution in [1.82, 2.24) is 13.9 Å². The van der Waals surface area contributed by atoms with Crippen LogP contribution < -0.4 is 4.74 Å². The first-order valence-corrected chi connectivity index (χ1v) is 14.9. The van der Waals surface area contributed by atoms with Crippen molar-refractivity contribution in [2.24, 2.45) is 5.92 Å². The molecule has 5 rings (SSSR count). The Morgan fingerprint density at radius 3 is 2.53 bits per heavy atom. The zero-order valence-corrected chi connectivity index (χ0v) is 21.9. The summed E-state index contributed by atoms with van der Waals surface area (Å²) in [6.45, 7) is 0.364. The molecule has 194 valence electrons. The lowest BCUT2D eigenvalue weighted by Gasteiger charge is -2.30. The van der Waals surface area contributed by atoms with Gasteiger partial charge in [-0.2, -0.15) is 13.1 Å². The number of hydrogen-bond donors (Lipinski definition) is 0. The molecule has 1 aliphatic heterocycles. The monoisotopic (exact) mass is 535 g/mol. The van der Waals surface area contributed by atoms with Gasteiger partial charge in [0.15, 0.2) is 5.16 Å². The van der Waals surface area contributed by atoms with E-state index < -0.39 is 16.6 Å². The van der Waals surface area contributed by atoms with Gasteiger partial charge in [-0.25, -0.2) is 13.4 Å². The smallest absolute Gasteiger partial charge is 0.387 e. The molecule has 2 fully saturated rings. The summed E-state index contributed by atoms with van der Waals surface area (Å²) in [6.07, 6.45) is 6.42. The molecule has 3 aromatic rings. The van der Waals surface area contributed by atoms with Crippen molar-refractivity contribution < 1.29 is 21.9 Å². The molecule has 1 saturated heterocycles. The lowest BCUT2D eigenvalue weighted by Crippen LogP contribution is -2.39. The number of hydrogen-bond acceptors (Lipinski definition) is 5. The highest BCUT2D eigenvalue weighted by Crippen LogP contribution is 2.38. The Kier molecular flexibility index (Phi) is 7.55. The highest BCUT2D eigenvalue weighted by molar-refractivity contribution is 7.98. The number of aromatic nitrogens is 2. The molecule has 1 aromatic heterocycles. The summed E-state index contributed by atoms with van der Waals surface area (Å²) in [6, 6.07) is 12.3. The number of nitrogens with zero attached hydrogens (tertiary/aromatic N) is 3. The number of imidazole rings is 1. The van der Waals surface area contributed by atoms with E-state index in [0.29, 0.717) is 41.2 Å². The molecule has 0 bridgehead atoms. The van der Waals surface area contributed by atoms with Crippen molar-refractivity contribution in [2.75, 3.05) is 13.1 Å². The highest BCUT2D eigenvalue weighted by Gasteiger charge is 2.30. The molecule has 0 amide bonds. The number of fused-ring (bicyclic) bond motifs is 1. The van der Waals surface area contributed by atoms with Crippen LogP contribution in [0.3, 0.4) is 0 Å². The maximum atomic E-state index is 13.4. The first kappa shape index (κ1) is 25.5. The van der Waals surface area contributed by atoms with Gasteiger partial charge in [-0.05, 0) is 67.5 Å². The third kappa shape index (κ3) is 5.40. The molecule has 0 spiro atoms. The fourth-order valence-electron chi connectivity index (χ4n) is 5.26. The number of benzene rings is 2. The minimum Gasteiger partial charge on any atom is -0.435 e. The van der Waals surface area contributed by atoms with Gasteiger partial charge in [-0.3, -0.25) is 0 Å². The Morgan fingerprint density at radius 2 is 1.83 bits per heavy atom. The van der Waals surface area contributed by atoms with Gasteiger partial charge in [0.25, 0.3) is 0 Å². The number of sulfonamides is 1. The number of ether oxygens (including phenoxy) is 1. The van der Waals surface area contributed by atoms with Gasteiger partial charge in [0.1, 0.15) is 5.75 Å². The summed E-state index contributed by atoms with van der Waals surface area (Å²) in [5, 5.41) is 0.853. The molecular weight excluding hydrogens is 504 g/mol. The van der Waals surface area contributed by atoms with Crippen LogP contribution in [0.2, 0.25) is 0 Å². The zero-order valence-electron chi connectivity index (χ0n) is 20.3. The number of thioether (sulfide) groups is 1.